The molecule has 576 valence electrons. The number of esters is 6. The van der Waals surface area contributed by atoms with Crippen molar-refractivity contribution in [2.75, 3.05) is 45.4 Å². The highest BCUT2D eigenvalue weighted by Gasteiger charge is 2.59. The minimum absolute atomic E-state index is 0.0540. The monoisotopic (exact) mass is 1490 g/mol. The van der Waals surface area contributed by atoms with Gasteiger partial charge in [0.1, 0.15) is 97.9 Å². The van der Waals surface area contributed by atoms with Crippen LogP contribution in [0.5, 0.6) is 0 Å². The first-order chi connectivity index (χ1) is 49.6. The third kappa shape index (κ3) is 25.5. The Bertz CT molecular complexity index is 3200. The Morgan fingerprint density at radius 2 is 0.856 bits per heavy atom. The SMILES string of the molecule is C=CCCCO[C@H]1OC2COC(c3ccccc3)O[C@@H]2[C@H](O[C@@H]2OC(COC(C)=O)[C@H](OC(C)=O)[C@H](OC(C)=O)C2CC(C)=O)C1NC(C)=O.CC(=O)CC1[C@H](O[C@@H]2C(NC(C)=O)[C@@H](OCCCCCSC(C)=O)OC3COC(c4ccccc4)O[C@@H]32)OC(COC(C)=O)[C@H](OC(C)=O)[C@@H]1OC(C)=O. The Labute approximate surface area is 608 Å². The molecule has 6 fully saturated rings. The second-order valence-corrected chi connectivity index (χ2v) is 27.1. The van der Waals surface area contributed by atoms with Gasteiger partial charge in [-0.05, 0) is 39.5 Å². The van der Waals surface area contributed by atoms with Crippen LogP contribution in [0.15, 0.2) is 73.3 Å². The quantitative estimate of drug-likeness (QED) is 0.0402. The van der Waals surface area contributed by atoms with Crippen LogP contribution >= 0.6 is 11.8 Å². The number of allylic oxidation sites excluding steroid dienone is 1. The van der Waals surface area contributed by atoms with E-state index in [-0.39, 0.29) is 56.0 Å². The van der Waals surface area contributed by atoms with Crippen LogP contribution in [-0.2, 0) is 138 Å². The first-order valence-electron chi connectivity index (χ1n) is 34.6. The molecule has 104 heavy (non-hydrogen) atoms. The van der Waals surface area contributed by atoms with Crippen LogP contribution in [0.1, 0.15) is 145 Å². The number of Topliss-reactive ketones (excluding diaryl/α,β-unsaturated/α-hetero) is 2. The summed E-state index contributed by atoms with van der Waals surface area (Å²) in [5.41, 5.74) is 1.45. The molecule has 0 aromatic heterocycles. The van der Waals surface area contributed by atoms with Gasteiger partial charge in [0.05, 0.1) is 31.7 Å². The highest BCUT2D eigenvalue weighted by atomic mass is 32.2. The van der Waals surface area contributed by atoms with Gasteiger partial charge < -0.3 is 105 Å². The number of hydrogen-bond acceptors (Lipinski definition) is 30. The lowest BCUT2D eigenvalue weighted by Crippen LogP contribution is -2.69. The maximum Gasteiger partial charge on any atom is 0.303 e. The van der Waals surface area contributed by atoms with Gasteiger partial charge in [-0.3, -0.25) is 43.2 Å². The summed E-state index contributed by atoms with van der Waals surface area (Å²) in [7, 11) is 0. The normalized spacial score (nSPS) is 31.4. The lowest BCUT2D eigenvalue weighted by Gasteiger charge is -2.52. The van der Waals surface area contributed by atoms with Gasteiger partial charge in [-0.15, -0.1) is 6.58 Å². The summed E-state index contributed by atoms with van der Waals surface area (Å²) in [6, 6.07) is 16.4. The van der Waals surface area contributed by atoms with E-state index in [0.717, 1.165) is 37.8 Å². The molecule has 2 aromatic carbocycles. The average molecular weight is 1490 g/mol. The van der Waals surface area contributed by atoms with Gasteiger partial charge in [0.15, 0.2) is 55.1 Å². The van der Waals surface area contributed by atoms with Crippen LogP contribution in [-0.4, -0.2) is 220 Å². The lowest BCUT2D eigenvalue weighted by atomic mass is 9.86. The number of rotatable bonds is 32. The van der Waals surface area contributed by atoms with Crippen molar-refractivity contribution in [3.05, 3.63) is 84.4 Å². The Hall–Kier alpha value is -7.18. The lowest BCUT2D eigenvalue weighted by molar-refractivity contribution is -0.374. The molecule has 6 aliphatic rings. The summed E-state index contributed by atoms with van der Waals surface area (Å²) < 4.78 is 110. The van der Waals surface area contributed by atoms with Crippen molar-refractivity contribution in [1.82, 2.24) is 10.6 Å². The van der Waals surface area contributed by atoms with Crippen molar-refractivity contribution in [3.63, 3.8) is 0 Å². The maximum atomic E-state index is 12.8. The zero-order valence-electron chi connectivity index (χ0n) is 60.4. The zero-order chi connectivity index (χ0) is 75.7. The van der Waals surface area contributed by atoms with Crippen LogP contribution in [0.3, 0.4) is 0 Å². The molecular formula is C72H98N2O29S. The molecular weight excluding hydrogens is 1390 g/mol. The van der Waals surface area contributed by atoms with Crippen LogP contribution in [0.25, 0.3) is 0 Å². The number of thioether (sulfide) groups is 1. The van der Waals surface area contributed by atoms with Crippen molar-refractivity contribution in [1.29, 1.82) is 0 Å². The van der Waals surface area contributed by atoms with Crippen LogP contribution in [0.2, 0.25) is 0 Å². The van der Waals surface area contributed by atoms with Crippen molar-refractivity contribution in [2.45, 2.75) is 244 Å². The highest BCUT2D eigenvalue weighted by molar-refractivity contribution is 8.13. The fraction of sp³-hybridized carbons (Fsp3) is 0.653. The van der Waals surface area contributed by atoms with Crippen LogP contribution in [0.4, 0.5) is 0 Å². The molecule has 32 heteroatoms. The molecule has 6 saturated heterocycles. The summed E-state index contributed by atoms with van der Waals surface area (Å²) in [6.45, 7) is 17.5. The van der Waals surface area contributed by atoms with Gasteiger partial charge in [-0.25, -0.2) is 0 Å². The first-order valence-corrected chi connectivity index (χ1v) is 35.6. The van der Waals surface area contributed by atoms with E-state index < -0.39 is 196 Å². The zero-order valence-corrected chi connectivity index (χ0v) is 61.2. The standard InChI is InChI=1S/C37H51NO15S.C35H47NO14/c1-20(39)17-27-31(48-23(4)42)32(49-24(5)43)28(18-46-22(3)41)50-36(27)53-34-30(38-21(2)40)37(45-15-11-8-12-16-54-25(6)44)51-29-19-47-35(52-33(29)34)26-13-9-7-10-14-26;1-7-8-12-15-42-35-28(36-20(3)38)32(31-27(48-35)18-44-33(49-31)24-13-10-9-11-14-24)50-34-25(16-19(2)37)29(45-22(5)40)30(46-23(6)41)26(47-34)17-43-21(4)39/h7,9-10,13-14,27-37H,8,11-12,15-19H2,1-6H3,(H,38,40);7,9-11,13-14,25-35H,1,8,12,15-18H2,2-6H3,(H,36,38)/t27?,28?,29?,30?,31-,32+,33+,34-,35?,36+,37+;25?,26?,27?,28?,29-,30+,31+,32-,33?,34+,35+/m11/s1. The summed E-state index contributed by atoms with van der Waals surface area (Å²) in [6.07, 6.45) is -14.5. The predicted molar refractivity (Wildman–Crippen MR) is 361 cm³/mol. The molecule has 8 rings (SSSR count). The van der Waals surface area contributed by atoms with Gasteiger partial charge in [0, 0.05) is 98.6 Å². The second-order valence-electron chi connectivity index (χ2n) is 25.8. The molecule has 0 spiro atoms. The summed E-state index contributed by atoms with van der Waals surface area (Å²) in [5, 5.41) is 5.83. The third-order valence-electron chi connectivity index (χ3n) is 17.1. The number of benzene rings is 2. The summed E-state index contributed by atoms with van der Waals surface area (Å²) in [5.74, 6) is -7.02. The number of nitrogens with one attached hydrogen (secondary N) is 2. The van der Waals surface area contributed by atoms with Gasteiger partial charge in [-0.2, -0.15) is 0 Å². The van der Waals surface area contributed by atoms with E-state index in [1.165, 1.54) is 74.1 Å². The predicted octanol–water partition coefficient (Wildman–Crippen LogP) is 5.37. The number of ether oxygens (including phenoxy) is 18. The molecule has 31 nitrogen and oxygen atoms in total. The number of amides is 2. The smallest absolute Gasteiger partial charge is 0.303 e. The fourth-order valence-electron chi connectivity index (χ4n) is 12.9. The summed E-state index contributed by atoms with van der Waals surface area (Å²) in [4.78, 5) is 135. The maximum absolute atomic E-state index is 12.8. The van der Waals surface area contributed by atoms with Crippen LogP contribution in [0, 0.1) is 11.8 Å². The largest absolute Gasteiger partial charge is 0.463 e. The van der Waals surface area contributed by atoms with E-state index in [4.69, 9.17) is 85.3 Å². The van der Waals surface area contributed by atoms with E-state index in [2.05, 4.69) is 17.2 Å². The van der Waals surface area contributed by atoms with Crippen molar-refractivity contribution in [3.8, 4) is 0 Å². The van der Waals surface area contributed by atoms with Crippen molar-refractivity contribution < 1.29 is 138 Å². The minimum Gasteiger partial charge on any atom is -0.463 e. The molecule has 6 aliphatic heterocycles. The average Bonchev–Trinajstić information content (AvgIpc) is 0.761. The van der Waals surface area contributed by atoms with E-state index in [1.54, 1.807) is 6.08 Å². The second kappa shape index (κ2) is 41.7. The Balaban J connectivity index is 0.000000292. The minimum atomic E-state index is -1.37. The third-order valence-corrected chi connectivity index (χ3v) is 18.0. The molecule has 2 N–H and O–H groups in total. The Morgan fingerprint density at radius 1 is 0.462 bits per heavy atom. The molecule has 0 saturated carbocycles. The topological polar surface area (TPSA) is 378 Å². The number of carbonyl (C=O) groups is 11. The number of fused-ring (bicyclic) bond motifs is 2. The fourth-order valence-corrected chi connectivity index (χ4v) is 13.6. The van der Waals surface area contributed by atoms with Gasteiger partial charge >= 0.3 is 35.8 Å². The molecule has 0 bridgehead atoms. The van der Waals surface area contributed by atoms with E-state index in [0.29, 0.717) is 25.0 Å². The summed E-state index contributed by atoms with van der Waals surface area (Å²) >= 11 is 1.26. The molecule has 22 atom stereocenters. The Morgan fingerprint density at radius 3 is 1.21 bits per heavy atom. The van der Waals surface area contributed by atoms with E-state index >= 15 is 0 Å². The number of ketones is 2. The molecule has 0 aliphatic carbocycles. The van der Waals surface area contributed by atoms with Gasteiger partial charge in [0.2, 0.25) is 11.8 Å². The molecule has 2 aromatic rings. The molecule has 10 unspecified atom stereocenters. The highest BCUT2D eigenvalue weighted by Crippen LogP contribution is 2.43. The molecule has 6 heterocycles. The molecule has 0 radical (unpaired) electrons. The number of unbranched alkanes of at least 4 members (excludes halogenated alkanes) is 3. The van der Waals surface area contributed by atoms with Crippen molar-refractivity contribution in [2.24, 2.45) is 11.8 Å². The van der Waals surface area contributed by atoms with E-state index in [9.17, 15) is 52.7 Å². The Kier molecular flexibility index (Phi) is 33.7. The van der Waals surface area contributed by atoms with Crippen LogP contribution < -0.4 is 10.6 Å². The first kappa shape index (κ1) is 84.1. The molecule has 2 amide bonds. The van der Waals surface area contributed by atoms with Crippen molar-refractivity contribution >= 4 is 76.1 Å². The van der Waals surface area contributed by atoms with Gasteiger partial charge in [-0.1, -0.05) is 84.9 Å². The number of carbonyl (C=O) groups excluding carboxylic acids is 11. The number of hydrogen-bond donors (Lipinski definition) is 2. The van der Waals surface area contributed by atoms with Gasteiger partial charge in [0.25, 0.3) is 0 Å². The van der Waals surface area contributed by atoms with E-state index in [1.807, 2.05) is 60.7 Å².